The molecule has 6 nitrogen and oxygen atoms in total. The lowest BCUT2D eigenvalue weighted by molar-refractivity contribution is 0.0592. The van der Waals surface area contributed by atoms with E-state index >= 15 is 0 Å². The van der Waals surface area contributed by atoms with E-state index in [9.17, 15) is 20.1 Å². The quantitative estimate of drug-likeness (QED) is 0.283. The van der Waals surface area contributed by atoms with Crippen molar-refractivity contribution in [2.45, 2.75) is 22.7 Å². The molecule has 1 aliphatic carbocycles. The minimum Gasteiger partial charge on any atom is -0.465 e. The largest absolute Gasteiger partial charge is 0.465 e. The fourth-order valence-electron chi connectivity index (χ4n) is 6.35. The highest BCUT2D eigenvalue weighted by atomic mass is 16.5. The Balaban J connectivity index is 1.80. The third kappa shape index (κ3) is 3.85. The fraction of sp³-hybridized carbons (Fsp3) is 0.176. The molecule has 0 radical (unpaired) electrons. The lowest BCUT2D eigenvalue weighted by Crippen LogP contribution is -2.65. The van der Waals surface area contributed by atoms with Gasteiger partial charge in [0, 0.05) is 11.8 Å². The Morgan fingerprint density at radius 2 is 0.900 bits per heavy atom. The van der Waals surface area contributed by atoms with Gasteiger partial charge in [-0.05, 0) is 46.5 Å². The van der Waals surface area contributed by atoms with Crippen LogP contribution in [0.2, 0.25) is 0 Å². The maximum absolute atomic E-state index is 12.2. The van der Waals surface area contributed by atoms with E-state index in [0.717, 1.165) is 22.3 Å². The Morgan fingerprint density at radius 3 is 1.18 bits per heavy atom. The zero-order valence-corrected chi connectivity index (χ0v) is 22.1. The molecule has 1 saturated carbocycles. The first-order chi connectivity index (χ1) is 19.5. The number of methoxy groups -OCH3 is 2. The second-order valence-electron chi connectivity index (χ2n) is 9.79. The van der Waals surface area contributed by atoms with E-state index in [4.69, 9.17) is 9.47 Å². The minimum atomic E-state index is -1.15. The third-order valence-electron chi connectivity index (χ3n) is 8.02. The standard InChI is InChI=1S/C34H26N2O4/c1-39-31(37)25-17-13-23(14-18-25)29-33(21-35,27-9-5-3-6-10-27)30(24-15-19-26(20-16-24)32(38)40-2)34(29,22-36)28-11-7-4-8-12-28/h3-20,29-30H,1-2H3. The molecule has 6 heteroatoms. The van der Waals surface area contributed by atoms with Crippen LogP contribution in [0.3, 0.4) is 0 Å². The number of nitriles is 2. The van der Waals surface area contributed by atoms with E-state index in [-0.39, 0.29) is 0 Å². The predicted octanol–water partition coefficient (Wildman–Crippen LogP) is 6.06. The summed E-state index contributed by atoms with van der Waals surface area (Å²) in [5.41, 5.74) is 1.54. The second-order valence-corrected chi connectivity index (χ2v) is 9.79. The number of esters is 2. The van der Waals surface area contributed by atoms with Crippen molar-refractivity contribution < 1.29 is 19.1 Å². The third-order valence-corrected chi connectivity index (χ3v) is 8.02. The van der Waals surface area contributed by atoms with Gasteiger partial charge < -0.3 is 9.47 Å². The minimum absolute atomic E-state index is 0.380. The summed E-state index contributed by atoms with van der Waals surface area (Å²) in [4.78, 5) is 24.3. The Labute approximate surface area is 233 Å². The first-order valence-corrected chi connectivity index (χ1v) is 12.8. The molecule has 4 aromatic rings. The molecule has 0 bridgehead atoms. The Morgan fingerprint density at radius 1 is 0.575 bits per heavy atom. The molecule has 0 aromatic heterocycles. The van der Waals surface area contributed by atoms with E-state index < -0.39 is 34.6 Å². The van der Waals surface area contributed by atoms with Gasteiger partial charge in [0.1, 0.15) is 0 Å². The van der Waals surface area contributed by atoms with Gasteiger partial charge in [-0.1, -0.05) is 84.9 Å². The van der Waals surface area contributed by atoms with Crippen LogP contribution in [-0.4, -0.2) is 26.2 Å². The van der Waals surface area contributed by atoms with Gasteiger partial charge in [0.2, 0.25) is 0 Å². The molecule has 0 N–H and O–H groups in total. The summed E-state index contributed by atoms with van der Waals surface area (Å²) in [5.74, 6) is -2.10. The van der Waals surface area contributed by atoms with Gasteiger partial charge in [-0.15, -0.1) is 0 Å². The smallest absolute Gasteiger partial charge is 0.337 e. The number of benzene rings is 4. The SMILES string of the molecule is COC(=O)c1ccc(C2C(C#N)(c3ccccc3)C(c3ccc(C(=O)OC)cc3)C2(C#N)c2ccccc2)cc1. The van der Waals surface area contributed by atoms with Crippen molar-refractivity contribution in [3.05, 3.63) is 143 Å². The molecule has 0 spiro atoms. The maximum atomic E-state index is 12.2. The van der Waals surface area contributed by atoms with Crippen molar-refractivity contribution in [1.82, 2.24) is 0 Å². The van der Waals surface area contributed by atoms with Gasteiger partial charge in [0.05, 0.1) is 48.3 Å². The summed E-state index contributed by atoms with van der Waals surface area (Å²) >= 11 is 0. The lowest BCUT2D eigenvalue weighted by atomic mass is 9.34. The van der Waals surface area contributed by atoms with Crippen LogP contribution in [0.15, 0.2) is 109 Å². The van der Waals surface area contributed by atoms with Crippen LogP contribution in [-0.2, 0) is 20.3 Å². The number of hydrogen-bond donors (Lipinski definition) is 0. The average Bonchev–Trinajstić information content (AvgIpc) is 3.02. The number of rotatable bonds is 6. The van der Waals surface area contributed by atoms with E-state index in [1.165, 1.54) is 14.2 Å². The molecule has 0 atom stereocenters. The summed E-state index contributed by atoms with van der Waals surface area (Å²) in [6, 6.07) is 38.2. The van der Waals surface area contributed by atoms with Crippen molar-refractivity contribution >= 4 is 11.9 Å². The van der Waals surface area contributed by atoms with E-state index in [1.807, 2.05) is 60.7 Å². The maximum Gasteiger partial charge on any atom is 0.337 e. The molecule has 5 rings (SSSR count). The average molecular weight is 527 g/mol. The van der Waals surface area contributed by atoms with Crippen molar-refractivity contribution in [1.29, 1.82) is 10.5 Å². The molecule has 1 fully saturated rings. The monoisotopic (exact) mass is 526 g/mol. The van der Waals surface area contributed by atoms with Crippen LogP contribution < -0.4 is 0 Å². The summed E-state index contributed by atoms with van der Waals surface area (Å²) < 4.78 is 9.75. The summed E-state index contributed by atoms with van der Waals surface area (Å²) in [7, 11) is 2.65. The summed E-state index contributed by atoms with van der Waals surface area (Å²) in [5, 5.41) is 22.2. The Kier molecular flexibility index (Phi) is 6.94. The van der Waals surface area contributed by atoms with Crippen molar-refractivity contribution in [3.8, 4) is 12.1 Å². The molecule has 0 unspecified atom stereocenters. The topological polar surface area (TPSA) is 100 Å². The summed E-state index contributed by atoms with van der Waals surface area (Å²) in [6.45, 7) is 0. The molecular weight excluding hydrogens is 500 g/mol. The van der Waals surface area contributed by atoms with Gasteiger partial charge in [0.25, 0.3) is 0 Å². The zero-order valence-electron chi connectivity index (χ0n) is 22.1. The van der Waals surface area contributed by atoms with Crippen molar-refractivity contribution in [2.75, 3.05) is 14.2 Å². The number of carbonyl (C=O) groups is 2. The zero-order chi connectivity index (χ0) is 28.3. The Bertz CT molecular complexity index is 1480. The number of ether oxygens (including phenoxy) is 2. The number of hydrogen-bond acceptors (Lipinski definition) is 6. The van der Waals surface area contributed by atoms with E-state index in [0.29, 0.717) is 11.1 Å². The van der Waals surface area contributed by atoms with Gasteiger partial charge in [-0.25, -0.2) is 9.59 Å². The fourth-order valence-corrected chi connectivity index (χ4v) is 6.35. The highest BCUT2D eigenvalue weighted by Crippen LogP contribution is 2.72. The number of nitrogens with zero attached hydrogens (tertiary/aromatic N) is 2. The van der Waals surface area contributed by atoms with Crippen molar-refractivity contribution in [3.63, 3.8) is 0 Å². The first-order valence-electron chi connectivity index (χ1n) is 12.8. The van der Waals surface area contributed by atoms with Crippen LogP contribution >= 0.6 is 0 Å². The van der Waals surface area contributed by atoms with Crippen molar-refractivity contribution in [2.24, 2.45) is 0 Å². The molecule has 196 valence electrons. The molecular formula is C34H26N2O4. The van der Waals surface area contributed by atoms with Gasteiger partial charge in [-0.3, -0.25) is 0 Å². The van der Waals surface area contributed by atoms with Gasteiger partial charge >= 0.3 is 11.9 Å². The van der Waals surface area contributed by atoms with Crippen LogP contribution in [0.4, 0.5) is 0 Å². The highest BCUT2D eigenvalue weighted by Gasteiger charge is 2.74. The Hall–Kier alpha value is -5.20. The molecule has 0 heterocycles. The highest BCUT2D eigenvalue weighted by molar-refractivity contribution is 5.90. The van der Waals surface area contributed by atoms with Gasteiger partial charge in [-0.2, -0.15) is 10.5 Å². The predicted molar refractivity (Wildman–Crippen MR) is 149 cm³/mol. The van der Waals surface area contributed by atoms with Crippen LogP contribution in [0.5, 0.6) is 0 Å². The molecule has 0 amide bonds. The molecule has 0 saturated heterocycles. The van der Waals surface area contributed by atoms with Crippen LogP contribution in [0, 0.1) is 22.7 Å². The summed E-state index contributed by atoms with van der Waals surface area (Å²) in [6.07, 6.45) is 0. The molecule has 0 aliphatic heterocycles. The molecule has 4 aromatic carbocycles. The number of carbonyl (C=O) groups excluding carboxylic acids is 2. The van der Waals surface area contributed by atoms with E-state index in [1.54, 1.807) is 48.5 Å². The first kappa shape index (κ1) is 26.4. The van der Waals surface area contributed by atoms with Crippen LogP contribution in [0.25, 0.3) is 0 Å². The molecule has 40 heavy (non-hydrogen) atoms. The van der Waals surface area contributed by atoms with E-state index in [2.05, 4.69) is 12.1 Å². The lowest BCUT2D eigenvalue weighted by Gasteiger charge is -2.63. The van der Waals surface area contributed by atoms with Gasteiger partial charge in [0.15, 0.2) is 0 Å². The van der Waals surface area contributed by atoms with Crippen LogP contribution in [0.1, 0.15) is 54.8 Å². The normalized spacial score (nSPS) is 23.1. The second kappa shape index (κ2) is 10.5. The molecule has 1 aliphatic rings.